The Morgan fingerprint density at radius 2 is 1.16 bits per heavy atom. The monoisotopic (exact) mass is 460 g/mol. The second-order valence-corrected chi connectivity index (χ2v) is 10.7. The zero-order chi connectivity index (χ0) is 23.2. The standard InChI is InChI=1S/C28H44O3S/c1-3-5-7-9-11-13-15-18-24-19-17-21-26-25(24)22-23-28(32(29,30)31)27(26)20-16-14-12-10-8-6-4-2/h17,19,21-23H,3-16,18,20H2,1-2H3,(H,29,30,31). The lowest BCUT2D eigenvalue weighted by atomic mass is 9.94. The molecule has 0 aliphatic carbocycles. The van der Waals surface area contributed by atoms with Crippen molar-refractivity contribution in [3.63, 3.8) is 0 Å². The highest BCUT2D eigenvalue weighted by atomic mass is 32.2. The maximum Gasteiger partial charge on any atom is 0.294 e. The van der Waals surface area contributed by atoms with Crippen LogP contribution in [0.3, 0.4) is 0 Å². The van der Waals surface area contributed by atoms with Gasteiger partial charge in [0.05, 0.1) is 4.90 Å². The molecule has 0 heterocycles. The molecule has 0 saturated carbocycles. The summed E-state index contributed by atoms with van der Waals surface area (Å²) in [7, 11) is -4.22. The summed E-state index contributed by atoms with van der Waals surface area (Å²) in [5.74, 6) is 0. The van der Waals surface area contributed by atoms with Crippen molar-refractivity contribution in [1.29, 1.82) is 0 Å². The summed E-state index contributed by atoms with van der Waals surface area (Å²) in [5.41, 5.74) is 2.08. The fourth-order valence-corrected chi connectivity index (χ4v) is 5.48. The number of rotatable bonds is 17. The van der Waals surface area contributed by atoms with E-state index in [2.05, 4.69) is 19.9 Å². The third kappa shape index (κ3) is 8.86. The molecule has 4 heteroatoms. The Labute approximate surface area is 196 Å². The van der Waals surface area contributed by atoms with E-state index in [9.17, 15) is 13.0 Å². The second-order valence-electron chi connectivity index (χ2n) is 9.27. The minimum absolute atomic E-state index is 0.0871. The zero-order valence-electron chi connectivity index (χ0n) is 20.4. The van der Waals surface area contributed by atoms with Crippen molar-refractivity contribution in [2.24, 2.45) is 0 Å². The molecule has 2 rings (SSSR count). The molecule has 0 atom stereocenters. The first-order valence-electron chi connectivity index (χ1n) is 13.0. The van der Waals surface area contributed by atoms with E-state index in [1.165, 1.54) is 82.6 Å². The number of fused-ring (bicyclic) bond motifs is 1. The number of hydrogen-bond acceptors (Lipinski definition) is 2. The lowest BCUT2D eigenvalue weighted by Gasteiger charge is -2.14. The van der Waals surface area contributed by atoms with Crippen LogP contribution in [0.2, 0.25) is 0 Å². The van der Waals surface area contributed by atoms with Crippen molar-refractivity contribution in [3.05, 3.63) is 41.5 Å². The molecule has 0 unspecified atom stereocenters. The highest BCUT2D eigenvalue weighted by molar-refractivity contribution is 7.85. The molecule has 0 radical (unpaired) electrons. The van der Waals surface area contributed by atoms with Gasteiger partial charge in [0.15, 0.2) is 0 Å². The van der Waals surface area contributed by atoms with Crippen LogP contribution in [0, 0.1) is 0 Å². The summed E-state index contributed by atoms with van der Waals surface area (Å²) in [6.45, 7) is 4.47. The largest absolute Gasteiger partial charge is 0.294 e. The fourth-order valence-electron chi connectivity index (χ4n) is 4.71. The van der Waals surface area contributed by atoms with Gasteiger partial charge in [-0.1, -0.05) is 115 Å². The molecule has 0 saturated heterocycles. The van der Waals surface area contributed by atoms with Crippen LogP contribution in [0.5, 0.6) is 0 Å². The van der Waals surface area contributed by atoms with E-state index < -0.39 is 10.1 Å². The Morgan fingerprint density at radius 1 is 0.625 bits per heavy atom. The van der Waals surface area contributed by atoms with Gasteiger partial charge in [0.2, 0.25) is 0 Å². The van der Waals surface area contributed by atoms with E-state index in [0.29, 0.717) is 6.42 Å². The Morgan fingerprint density at radius 3 is 1.72 bits per heavy atom. The number of benzene rings is 2. The molecule has 2 aromatic rings. The van der Waals surface area contributed by atoms with Gasteiger partial charge in [0, 0.05) is 0 Å². The molecule has 0 fully saturated rings. The lowest BCUT2D eigenvalue weighted by Crippen LogP contribution is -2.05. The van der Waals surface area contributed by atoms with Gasteiger partial charge in [-0.25, -0.2) is 0 Å². The Hall–Kier alpha value is -1.39. The van der Waals surface area contributed by atoms with Gasteiger partial charge in [0.25, 0.3) is 10.1 Å². The predicted molar refractivity (Wildman–Crippen MR) is 137 cm³/mol. The zero-order valence-corrected chi connectivity index (χ0v) is 21.2. The van der Waals surface area contributed by atoms with Crippen LogP contribution in [0.4, 0.5) is 0 Å². The van der Waals surface area contributed by atoms with Gasteiger partial charge in [0.1, 0.15) is 0 Å². The summed E-state index contributed by atoms with van der Waals surface area (Å²) in [4.78, 5) is 0.0871. The van der Waals surface area contributed by atoms with Gasteiger partial charge < -0.3 is 0 Å². The van der Waals surface area contributed by atoms with Crippen LogP contribution in [-0.4, -0.2) is 13.0 Å². The van der Waals surface area contributed by atoms with E-state index in [1.807, 2.05) is 18.2 Å². The van der Waals surface area contributed by atoms with Crippen LogP contribution < -0.4 is 0 Å². The van der Waals surface area contributed by atoms with E-state index in [0.717, 1.165) is 35.6 Å². The Kier molecular flexibility index (Phi) is 12.3. The molecule has 0 aliphatic heterocycles. The van der Waals surface area contributed by atoms with Crippen LogP contribution >= 0.6 is 0 Å². The molecular formula is C28H44O3S. The molecule has 0 aliphatic rings. The molecule has 2 aromatic carbocycles. The smallest absolute Gasteiger partial charge is 0.282 e. The SMILES string of the molecule is CCCCCCCCCc1cccc2c(CCCCCCCCC)c(S(=O)(=O)O)ccc12. The summed E-state index contributed by atoms with van der Waals surface area (Å²) in [6, 6.07) is 9.74. The Balaban J connectivity index is 2.08. The first kappa shape index (κ1) is 26.9. The number of hydrogen-bond donors (Lipinski definition) is 1. The molecule has 0 spiro atoms. The third-order valence-electron chi connectivity index (χ3n) is 6.58. The minimum atomic E-state index is -4.22. The quantitative estimate of drug-likeness (QED) is 0.190. The summed E-state index contributed by atoms with van der Waals surface area (Å²) in [6.07, 6.45) is 19.0. The van der Waals surface area contributed by atoms with Crippen molar-refractivity contribution >= 4 is 20.9 Å². The van der Waals surface area contributed by atoms with E-state index in [4.69, 9.17) is 0 Å². The lowest BCUT2D eigenvalue weighted by molar-refractivity contribution is 0.482. The summed E-state index contributed by atoms with van der Waals surface area (Å²) in [5, 5.41) is 2.13. The average molecular weight is 461 g/mol. The molecule has 180 valence electrons. The van der Waals surface area contributed by atoms with Gasteiger partial charge in [-0.05, 0) is 53.6 Å². The minimum Gasteiger partial charge on any atom is -0.282 e. The van der Waals surface area contributed by atoms with Crippen LogP contribution in [0.25, 0.3) is 10.8 Å². The second kappa shape index (κ2) is 14.7. The number of unbranched alkanes of at least 4 members (excludes halogenated alkanes) is 12. The van der Waals surface area contributed by atoms with Gasteiger partial charge in [-0.3, -0.25) is 4.55 Å². The summed E-state index contributed by atoms with van der Waals surface area (Å²) >= 11 is 0. The van der Waals surface area contributed by atoms with E-state index >= 15 is 0 Å². The van der Waals surface area contributed by atoms with Crippen molar-refractivity contribution in [2.45, 2.75) is 121 Å². The van der Waals surface area contributed by atoms with Crippen molar-refractivity contribution < 1.29 is 13.0 Å². The molecule has 0 amide bonds. The molecule has 1 N–H and O–H groups in total. The van der Waals surface area contributed by atoms with Crippen molar-refractivity contribution in [1.82, 2.24) is 0 Å². The van der Waals surface area contributed by atoms with E-state index in [1.54, 1.807) is 6.07 Å². The number of aryl methyl sites for hydroxylation is 2. The van der Waals surface area contributed by atoms with Crippen LogP contribution in [0.1, 0.15) is 115 Å². The molecule has 3 nitrogen and oxygen atoms in total. The third-order valence-corrected chi connectivity index (χ3v) is 7.52. The van der Waals surface area contributed by atoms with Gasteiger partial charge in [-0.2, -0.15) is 8.42 Å². The normalized spacial score (nSPS) is 12.0. The van der Waals surface area contributed by atoms with E-state index in [-0.39, 0.29) is 4.90 Å². The summed E-state index contributed by atoms with van der Waals surface area (Å²) < 4.78 is 34.0. The molecular weight excluding hydrogens is 416 g/mol. The topological polar surface area (TPSA) is 54.4 Å². The maximum absolute atomic E-state index is 12.1. The molecule has 0 bridgehead atoms. The van der Waals surface area contributed by atoms with Gasteiger partial charge >= 0.3 is 0 Å². The molecule has 32 heavy (non-hydrogen) atoms. The van der Waals surface area contributed by atoms with Crippen molar-refractivity contribution in [3.8, 4) is 0 Å². The van der Waals surface area contributed by atoms with Crippen molar-refractivity contribution in [2.75, 3.05) is 0 Å². The van der Waals surface area contributed by atoms with Gasteiger partial charge in [-0.15, -0.1) is 0 Å². The first-order chi connectivity index (χ1) is 15.5. The average Bonchev–Trinajstić information content (AvgIpc) is 2.77. The Bertz CT molecular complexity index is 902. The highest BCUT2D eigenvalue weighted by Crippen LogP contribution is 2.30. The predicted octanol–water partition coefficient (Wildman–Crippen LogP) is 8.67. The van der Waals surface area contributed by atoms with Crippen LogP contribution in [-0.2, 0) is 23.0 Å². The first-order valence-corrected chi connectivity index (χ1v) is 14.4. The van der Waals surface area contributed by atoms with Crippen LogP contribution in [0.15, 0.2) is 35.2 Å². The fraction of sp³-hybridized carbons (Fsp3) is 0.643. The highest BCUT2D eigenvalue weighted by Gasteiger charge is 2.18. The molecule has 0 aromatic heterocycles. The maximum atomic E-state index is 12.1.